The fourth-order valence-corrected chi connectivity index (χ4v) is 2.32. The Morgan fingerprint density at radius 1 is 1.53 bits per heavy atom. The molecular weight excluding hydrogens is 192 g/mol. The van der Waals surface area contributed by atoms with Crippen molar-refractivity contribution in [3.8, 4) is 0 Å². The fraction of sp³-hybridized carbons (Fsp3) is 0.909. The lowest BCUT2D eigenvalue weighted by atomic mass is 10.1. The number of nitrogens with zero attached hydrogens (tertiary/aromatic N) is 1. The normalized spacial score (nSPS) is 30.7. The Morgan fingerprint density at radius 2 is 2.40 bits per heavy atom. The quantitative estimate of drug-likeness (QED) is 0.735. The van der Waals surface area contributed by atoms with Crippen LogP contribution < -0.4 is 5.32 Å². The topological polar surface area (TPSA) is 41.6 Å². The van der Waals surface area contributed by atoms with E-state index in [1.54, 1.807) is 0 Å². The van der Waals surface area contributed by atoms with Gasteiger partial charge in [0.25, 0.3) is 0 Å². The molecule has 4 heteroatoms. The van der Waals surface area contributed by atoms with Crippen LogP contribution in [0.15, 0.2) is 0 Å². The molecule has 1 N–H and O–H groups in total. The predicted octanol–water partition coefficient (Wildman–Crippen LogP) is 0.376. The largest absolute Gasteiger partial charge is 0.378 e. The highest BCUT2D eigenvalue weighted by Gasteiger charge is 2.26. The van der Waals surface area contributed by atoms with E-state index in [0.29, 0.717) is 12.5 Å². The summed E-state index contributed by atoms with van der Waals surface area (Å²) in [5.74, 6) is 0.232. The molecule has 86 valence electrons. The number of hydrogen-bond acceptors (Lipinski definition) is 3. The molecule has 1 amide bonds. The Labute approximate surface area is 91.0 Å². The summed E-state index contributed by atoms with van der Waals surface area (Å²) in [6.45, 7) is 2.79. The summed E-state index contributed by atoms with van der Waals surface area (Å²) in [7, 11) is 1.91. The molecule has 2 fully saturated rings. The standard InChI is InChI=1S/C11H20N2O2/c1-13(9-4-5-12-8-9)11(14)7-10-3-2-6-15-10/h9-10,12H,2-8H2,1H3. The summed E-state index contributed by atoms with van der Waals surface area (Å²) in [4.78, 5) is 13.8. The molecule has 0 aromatic heterocycles. The minimum Gasteiger partial charge on any atom is -0.378 e. The molecular formula is C11H20N2O2. The van der Waals surface area contributed by atoms with Gasteiger partial charge < -0.3 is 15.0 Å². The first-order valence-corrected chi connectivity index (χ1v) is 5.85. The summed E-state index contributed by atoms with van der Waals surface area (Å²) >= 11 is 0. The molecule has 2 aliphatic heterocycles. The average molecular weight is 212 g/mol. The van der Waals surface area contributed by atoms with E-state index < -0.39 is 0 Å². The summed E-state index contributed by atoms with van der Waals surface area (Å²) in [6, 6.07) is 0.388. The van der Waals surface area contributed by atoms with Crippen molar-refractivity contribution in [3.63, 3.8) is 0 Å². The van der Waals surface area contributed by atoms with Gasteiger partial charge in [-0.1, -0.05) is 0 Å². The number of amides is 1. The van der Waals surface area contributed by atoms with Gasteiger partial charge in [0.1, 0.15) is 0 Å². The first-order chi connectivity index (χ1) is 7.27. The van der Waals surface area contributed by atoms with E-state index in [2.05, 4.69) is 5.32 Å². The van der Waals surface area contributed by atoms with E-state index >= 15 is 0 Å². The Kier molecular flexibility index (Phi) is 3.59. The molecule has 0 aromatic carbocycles. The Bertz CT molecular complexity index is 221. The molecule has 0 radical (unpaired) electrons. The third-order valence-corrected chi connectivity index (χ3v) is 3.40. The minimum atomic E-state index is 0.175. The lowest BCUT2D eigenvalue weighted by molar-refractivity contribution is -0.133. The Morgan fingerprint density at radius 3 is 3.00 bits per heavy atom. The molecule has 0 bridgehead atoms. The van der Waals surface area contributed by atoms with Crippen molar-refractivity contribution in [1.82, 2.24) is 10.2 Å². The van der Waals surface area contributed by atoms with Crippen LogP contribution in [0.4, 0.5) is 0 Å². The Balaban J connectivity index is 1.78. The van der Waals surface area contributed by atoms with Crippen molar-refractivity contribution in [2.45, 2.75) is 37.8 Å². The van der Waals surface area contributed by atoms with E-state index in [1.165, 1.54) is 0 Å². The maximum absolute atomic E-state index is 11.9. The van der Waals surface area contributed by atoms with Crippen molar-refractivity contribution in [3.05, 3.63) is 0 Å². The van der Waals surface area contributed by atoms with E-state index in [1.807, 2.05) is 11.9 Å². The van der Waals surface area contributed by atoms with E-state index in [9.17, 15) is 4.79 Å². The van der Waals surface area contributed by atoms with Crippen molar-refractivity contribution < 1.29 is 9.53 Å². The van der Waals surface area contributed by atoms with Gasteiger partial charge in [-0.25, -0.2) is 0 Å². The molecule has 0 aromatic rings. The molecule has 2 atom stereocenters. The second kappa shape index (κ2) is 4.94. The maximum Gasteiger partial charge on any atom is 0.225 e. The van der Waals surface area contributed by atoms with Crippen LogP contribution in [0.3, 0.4) is 0 Å². The minimum absolute atomic E-state index is 0.175. The van der Waals surface area contributed by atoms with Gasteiger partial charge in [0.05, 0.1) is 12.5 Å². The first-order valence-electron chi connectivity index (χ1n) is 5.85. The van der Waals surface area contributed by atoms with E-state index in [-0.39, 0.29) is 12.0 Å². The smallest absolute Gasteiger partial charge is 0.225 e. The van der Waals surface area contributed by atoms with Gasteiger partial charge in [0.2, 0.25) is 5.91 Å². The molecule has 2 aliphatic rings. The third-order valence-electron chi connectivity index (χ3n) is 3.40. The molecule has 15 heavy (non-hydrogen) atoms. The monoisotopic (exact) mass is 212 g/mol. The highest BCUT2D eigenvalue weighted by molar-refractivity contribution is 5.76. The number of hydrogen-bond donors (Lipinski definition) is 1. The summed E-state index contributed by atoms with van der Waals surface area (Å²) in [5, 5.41) is 3.28. The summed E-state index contributed by atoms with van der Waals surface area (Å²) < 4.78 is 5.47. The van der Waals surface area contributed by atoms with E-state index in [0.717, 1.165) is 39.0 Å². The zero-order valence-corrected chi connectivity index (χ0v) is 9.37. The maximum atomic E-state index is 11.9. The number of likely N-dealkylation sites (N-methyl/N-ethyl adjacent to an activating group) is 1. The van der Waals surface area contributed by atoms with Gasteiger partial charge >= 0.3 is 0 Å². The molecule has 2 saturated heterocycles. The summed E-state index contributed by atoms with van der Waals surface area (Å²) in [6.07, 6.45) is 3.96. The molecule has 2 unspecified atom stereocenters. The fourth-order valence-electron chi connectivity index (χ4n) is 2.32. The van der Waals surface area contributed by atoms with Crippen LogP contribution in [0, 0.1) is 0 Å². The highest BCUT2D eigenvalue weighted by atomic mass is 16.5. The van der Waals surface area contributed by atoms with Gasteiger partial charge in [-0.3, -0.25) is 4.79 Å². The van der Waals surface area contributed by atoms with Crippen LogP contribution in [0.5, 0.6) is 0 Å². The van der Waals surface area contributed by atoms with Crippen molar-refractivity contribution in [1.29, 1.82) is 0 Å². The van der Waals surface area contributed by atoms with E-state index in [4.69, 9.17) is 4.74 Å². The second-order valence-corrected chi connectivity index (χ2v) is 4.49. The van der Waals surface area contributed by atoms with Crippen LogP contribution in [0.25, 0.3) is 0 Å². The third kappa shape index (κ3) is 2.69. The molecule has 2 heterocycles. The van der Waals surface area contributed by atoms with Gasteiger partial charge in [-0.05, 0) is 25.8 Å². The van der Waals surface area contributed by atoms with Crippen LogP contribution in [0.1, 0.15) is 25.7 Å². The molecule has 0 aliphatic carbocycles. The molecule has 2 rings (SSSR count). The van der Waals surface area contributed by atoms with Crippen LogP contribution in [-0.2, 0) is 9.53 Å². The number of carbonyl (C=O) groups is 1. The second-order valence-electron chi connectivity index (χ2n) is 4.49. The van der Waals surface area contributed by atoms with Crippen molar-refractivity contribution >= 4 is 5.91 Å². The van der Waals surface area contributed by atoms with Crippen molar-refractivity contribution in [2.24, 2.45) is 0 Å². The highest BCUT2D eigenvalue weighted by Crippen LogP contribution is 2.17. The average Bonchev–Trinajstić information content (AvgIpc) is 2.88. The molecule has 0 saturated carbocycles. The van der Waals surface area contributed by atoms with Gasteiger partial charge in [0.15, 0.2) is 0 Å². The number of ether oxygens (including phenoxy) is 1. The summed E-state index contributed by atoms with van der Waals surface area (Å²) in [5.41, 5.74) is 0. The number of nitrogens with one attached hydrogen (secondary N) is 1. The van der Waals surface area contributed by atoms with Crippen molar-refractivity contribution in [2.75, 3.05) is 26.7 Å². The SMILES string of the molecule is CN(C(=O)CC1CCCO1)C1CCNC1. The molecule has 0 spiro atoms. The van der Waals surface area contributed by atoms with Crippen LogP contribution in [0.2, 0.25) is 0 Å². The van der Waals surface area contributed by atoms with Crippen LogP contribution >= 0.6 is 0 Å². The van der Waals surface area contributed by atoms with Gasteiger partial charge in [-0.15, -0.1) is 0 Å². The number of carbonyl (C=O) groups excluding carboxylic acids is 1. The van der Waals surface area contributed by atoms with Crippen LogP contribution in [-0.4, -0.2) is 49.7 Å². The zero-order valence-electron chi connectivity index (χ0n) is 9.37. The predicted molar refractivity (Wildman–Crippen MR) is 57.6 cm³/mol. The zero-order chi connectivity index (χ0) is 10.7. The van der Waals surface area contributed by atoms with Gasteiger partial charge in [0, 0.05) is 26.2 Å². The lowest BCUT2D eigenvalue weighted by Gasteiger charge is -2.24. The number of rotatable bonds is 3. The van der Waals surface area contributed by atoms with Gasteiger partial charge in [-0.2, -0.15) is 0 Å². The Hall–Kier alpha value is -0.610. The lowest BCUT2D eigenvalue weighted by Crippen LogP contribution is -2.39. The first kappa shape index (κ1) is 10.9. The molecule has 4 nitrogen and oxygen atoms in total.